The molecule has 0 heterocycles. The molecule has 6 nitrogen and oxygen atoms in total. The number of carbonyl (C=O) groups is 2. The second kappa shape index (κ2) is 41.4. The third-order valence-electron chi connectivity index (χ3n) is 15.1. The van der Waals surface area contributed by atoms with Gasteiger partial charge in [0, 0.05) is 37.0 Å². The predicted octanol–water partition coefficient (Wildman–Crippen LogP) is 17.0. The Balaban J connectivity index is 1.49. The summed E-state index contributed by atoms with van der Waals surface area (Å²) in [7, 11) is -2.53. The minimum absolute atomic E-state index is 0.00997. The third kappa shape index (κ3) is 28.4. The van der Waals surface area contributed by atoms with Crippen LogP contribution in [0.15, 0.2) is 60.7 Å². The molecule has 3 rings (SSSR count). The number of thioether (sulfide) groups is 2. The van der Waals surface area contributed by atoms with Crippen molar-refractivity contribution in [2.75, 3.05) is 36.2 Å². The van der Waals surface area contributed by atoms with Gasteiger partial charge in [0.15, 0.2) is 0 Å². The fourth-order valence-electron chi connectivity index (χ4n) is 10.8. The number of hydrogen-bond donors (Lipinski definition) is 1. The quantitative estimate of drug-likeness (QED) is 0.0400. The van der Waals surface area contributed by atoms with Gasteiger partial charge in [0.05, 0.1) is 0 Å². The summed E-state index contributed by atoms with van der Waals surface area (Å²) in [5.74, 6) is 4.92. The Hall–Kier alpha value is -1.78. The normalized spacial score (nSPS) is 14.8. The largest absolute Gasteiger partial charge is 0.461 e. The number of esters is 2. The lowest BCUT2D eigenvalue weighted by molar-refractivity contribution is -0.149. The SMILES string of the molecule is CCCCCCC(=O)OC(CCCCCC)CSCCCCCC(CCCCCSCC(CCCCCC)OC(=O)CCC1CCCCC1)NCCCCO[Si](c1ccccc1)(c1ccccc1)C(C)(C)C. The summed E-state index contributed by atoms with van der Waals surface area (Å²) in [6, 6.07) is 22.6. The molecule has 1 aliphatic rings. The zero-order chi connectivity index (χ0) is 51.8. The zero-order valence-corrected chi connectivity index (χ0v) is 49.9. The van der Waals surface area contributed by atoms with E-state index in [1.165, 1.54) is 145 Å². The molecule has 412 valence electrons. The van der Waals surface area contributed by atoms with Crippen LogP contribution in [0, 0.1) is 5.92 Å². The van der Waals surface area contributed by atoms with Gasteiger partial charge < -0.3 is 19.2 Å². The van der Waals surface area contributed by atoms with Crippen molar-refractivity contribution in [3.63, 3.8) is 0 Å². The molecule has 72 heavy (non-hydrogen) atoms. The van der Waals surface area contributed by atoms with Crippen LogP contribution in [0.3, 0.4) is 0 Å². The van der Waals surface area contributed by atoms with E-state index < -0.39 is 8.32 Å². The van der Waals surface area contributed by atoms with Gasteiger partial charge in [-0.25, -0.2) is 0 Å². The highest BCUT2D eigenvalue weighted by atomic mass is 32.2. The topological polar surface area (TPSA) is 73.9 Å². The third-order valence-corrected chi connectivity index (χ3v) is 22.5. The van der Waals surface area contributed by atoms with Crippen molar-refractivity contribution in [3.8, 4) is 0 Å². The van der Waals surface area contributed by atoms with E-state index in [1.807, 2.05) is 23.5 Å². The highest BCUT2D eigenvalue weighted by Crippen LogP contribution is 2.37. The maximum Gasteiger partial charge on any atom is 0.306 e. The number of rotatable bonds is 45. The van der Waals surface area contributed by atoms with Crippen LogP contribution in [-0.4, -0.2) is 74.7 Å². The summed E-state index contributed by atoms with van der Waals surface area (Å²) in [6.07, 6.45) is 37.2. The van der Waals surface area contributed by atoms with Gasteiger partial charge in [-0.1, -0.05) is 218 Å². The first-order valence-electron chi connectivity index (χ1n) is 30.2. The molecule has 1 N–H and O–H groups in total. The van der Waals surface area contributed by atoms with Crippen LogP contribution in [0.2, 0.25) is 5.04 Å². The van der Waals surface area contributed by atoms with E-state index in [0.29, 0.717) is 18.9 Å². The molecule has 0 amide bonds. The van der Waals surface area contributed by atoms with Crippen LogP contribution < -0.4 is 15.7 Å². The van der Waals surface area contributed by atoms with E-state index in [1.54, 1.807) is 0 Å². The summed E-state index contributed by atoms with van der Waals surface area (Å²) < 4.78 is 19.4. The molecule has 0 saturated heterocycles. The first-order chi connectivity index (χ1) is 35.1. The summed E-state index contributed by atoms with van der Waals surface area (Å²) in [6.45, 7) is 15.6. The van der Waals surface area contributed by atoms with E-state index in [2.05, 4.69) is 108 Å². The molecule has 1 saturated carbocycles. The van der Waals surface area contributed by atoms with Gasteiger partial charge in [-0.15, -0.1) is 0 Å². The van der Waals surface area contributed by atoms with Crippen molar-refractivity contribution in [1.82, 2.24) is 5.32 Å². The fourth-order valence-corrected chi connectivity index (χ4v) is 17.5. The van der Waals surface area contributed by atoms with E-state index in [-0.39, 0.29) is 29.2 Å². The average Bonchev–Trinajstić information content (AvgIpc) is 3.38. The molecule has 0 bridgehead atoms. The number of hydrogen-bond acceptors (Lipinski definition) is 8. The minimum Gasteiger partial charge on any atom is -0.461 e. The first kappa shape index (κ1) is 64.5. The molecule has 1 aliphatic carbocycles. The molecular weight excluding hydrogens is 943 g/mol. The van der Waals surface area contributed by atoms with Crippen molar-refractivity contribution in [1.29, 1.82) is 0 Å². The summed E-state index contributed by atoms with van der Waals surface area (Å²) >= 11 is 3.99. The van der Waals surface area contributed by atoms with Crippen LogP contribution >= 0.6 is 23.5 Å². The zero-order valence-electron chi connectivity index (χ0n) is 47.3. The average molecular weight is 1050 g/mol. The number of carbonyl (C=O) groups excluding carboxylic acids is 2. The van der Waals surface area contributed by atoms with Crippen LogP contribution in [0.4, 0.5) is 0 Å². The number of unbranched alkanes of at least 4 members (excludes halogenated alkanes) is 14. The van der Waals surface area contributed by atoms with Crippen LogP contribution in [0.25, 0.3) is 0 Å². The number of benzene rings is 2. The van der Waals surface area contributed by atoms with Crippen LogP contribution in [0.5, 0.6) is 0 Å². The van der Waals surface area contributed by atoms with E-state index in [9.17, 15) is 9.59 Å². The van der Waals surface area contributed by atoms with Gasteiger partial charge in [-0.05, 0) is 116 Å². The molecule has 1 fully saturated rings. The number of nitrogens with one attached hydrogen (secondary N) is 1. The van der Waals surface area contributed by atoms with Crippen LogP contribution in [-0.2, 0) is 23.5 Å². The second-order valence-electron chi connectivity index (χ2n) is 22.5. The van der Waals surface area contributed by atoms with Crippen molar-refractivity contribution >= 4 is 54.2 Å². The van der Waals surface area contributed by atoms with E-state index in [4.69, 9.17) is 13.9 Å². The Morgan fingerprint density at radius 3 is 1.54 bits per heavy atom. The Labute approximate surface area is 453 Å². The van der Waals surface area contributed by atoms with Crippen molar-refractivity contribution in [3.05, 3.63) is 60.7 Å². The Morgan fingerprint density at radius 1 is 0.569 bits per heavy atom. The lowest BCUT2D eigenvalue weighted by Gasteiger charge is -2.43. The second-order valence-corrected chi connectivity index (χ2v) is 29.1. The summed E-state index contributed by atoms with van der Waals surface area (Å²) in [5, 5.41) is 6.73. The Morgan fingerprint density at radius 2 is 1.04 bits per heavy atom. The maximum atomic E-state index is 13.0. The molecule has 0 aromatic heterocycles. The van der Waals surface area contributed by atoms with Gasteiger partial charge in [-0.2, -0.15) is 23.5 Å². The van der Waals surface area contributed by atoms with Crippen molar-refractivity contribution in [2.45, 2.75) is 270 Å². The molecule has 3 atom stereocenters. The van der Waals surface area contributed by atoms with Gasteiger partial charge in [0.25, 0.3) is 8.32 Å². The molecule has 2 aromatic carbocycles. The summed E-state index contributed by atoms with van der Waals surface area (Å²) in [5.41, 5.74) is 0. The van der Waals surface area contributed by atoms with Gasteiger partial charge in [-0.3, -0.25) is 9.59 Å². The highest BCUT2D eigenvalue weighted by Gasteiger charge is 2.50. The monoisotopic (exact) mass is 1050 g/mol. The fraction of sp³-hybridized carbons (Fsp3) is 0.778. The molecule has 3 unspecified atom stereocenters. The molecule has 0 radical (unpaired) electrons. The van der Waals surface area contributed by atoms with E-state index >= 15 is 0 Å². The van der Waals surface area contributed by atoms with Crippen molar-refractivity contribution < 1.29 is 23.5 Å². The molecule has 2 aromatic rings. The number of ether oxygens (including phenoxy) is 2. The summed E-state index contributed by atoms with van der Waals surface area (Å²) in [4.78, 5) is 25.7. The molecule has 9 heteroatoms. The van der Waals surface area contributed by atoms with Gasteiger partial charge in [0.2, 0.25) is 0 Å². The minimum atomic E-state index is -2.53. The van der Waals surface area contributed by atoms with Crippen LogP contribution in [0.1, 0.15) is 247 Å². The molecular formula is C63H109NO5S2Si. The lowest BCUT2D eigenvalue weighted by Crippen LogP contribution is -2.66. The first-order valence-corrected chi connectivity index (χ1v) is 34.4. The van der Waals surface area contributed by atoms with Gasteiger partial charge in [0.1, 0.15) is 12.2 Å². The molecule has 0 spiro atoms. The lowest BCUT2D eigenvalue weighted by atomic mass is 9.86. The smallest absolute Gasteiger partial charge is 0.306 e. The standard InChI is InChI=1S/C63H109NO5S2Si/c1-7-10-13-25-40-57(68-61(65)46-31-15-12-9-3)53-70-51-34-19-23-38-56(64-49-32-33-50-67-72(63(4,5)6,59-42-27-17-28-43-59)60-44-29-18-30-45-60)39-24-20-35-52-71-54-58(41-26-14-11-8-2)69-62(66)48-47-55-36-21-16-22-37-55/h17-18,27-30,42-45,55-58,64H,7-16,19-26,31-41,46-54H2,1-6H3. The Bertz CT molecular complexity index is 1550. The predicted molar refractivity (Wildman–Crippen MR) is 318 cm³/mol. The van der Waals surface area contributed by atoms with E-state index in [0.717, 1.165) is 99.9 Å². The molecule has 0 aliphatic heterocycles. The highest BCUT2D eigenvalue weighted by molar-refractivity contribution is 7.99. The maximum absolute atomic E-state index is 13.0. The van der Waals surface area contributed by atoms with Crippen molar-refractivity contribution in [2.24, 2.45) is 5.92 Å². The Kier molecular flexibility index (Phi) is 37.1. The van der Waals surface area contributed by atoms with Gasteiger partial charge >= 0.3 is 11.9 Å².